The molecular formula is C5H4N3O2P. The Bertz CT molecular complexity index is 494. The van der Waals surface area contributed by atoms with Crippen molar-refractivity contribution in [1.82, 2.24) is 15.0 Å². The van der Waals surface area contributed by atoms with Crippen molar-refractivity contribution in [2.24, 2.45) is 0 Å². The maximum atomic E-state index is 10.9. The van der Waals surface area contributed by atoms with Gasteiger partial charge in [0.15, 0.2) is 5.52 Å². The van der Waals surface area contributed by atoms with Crippen LogP contribution in [0, 0.1) is 0 Å². The van der Waals surface area contributed by atoms with Gasteiger partial charge in [0.2, 0.25) is 0 Å². The van der Waals surface area contributed by atoms with Crippen LogP contribution in [0.15, 0.2) is 15.5 Å². The van der Waals surface area contributed by atoms with Crippen LogP contribution in [0.5, 0.6) is 0 Å². The first kappa shape index (κ1) is 6.37. The molecule has 0 radical (unpaired) electrons. The van der Waals surface area contributed by atoms with E-state index in [0.717, 1.165) is 0 Å². The number of fused-ring (bicyclic) bond motifs is 1. The highest BCUT2D eigenvalue weighted by molar-refractivity contribution is 7.35. The molecule has 1 unspecified atom stereocenters. The number of hydrogen-bond donors (Lipinski definition) is 2. The molecule has 1 atom stereocenters. The van der Waals surface area contributed by atoms with Crippen molar-refractivity contribution in [1.29, 1.82) is 0 Å². The molecule has 6 heteroatoms. The Morgan fingerprint density at radius 2 is 2.18 bits per heavy atom. The zero-order chi connectivity index (χ0) is 7.84. The summed E-state index contributed by atoms with van der Waals surface area (Å²) in [6.07, 6.45) is 0. The summed E-state index contributed by atoms with van der Waals surface area (Å²) in [5, 5.41) is 0.624. The largest absolute Gasteiger partial charge is 0.326 e. The van der Waals surface area contributed by atoms with Gasteiger partial charge in [-0.2, -0.15) is 0 Å². The number of aromatic amines is 2. The maximum Gasteiger partial charge on any atom is 0.326 e. The van der Waals surface area contributed by atoms with Gasteiger partial charge in [-0.3, -0.25) is 9.78 Å². The van der Waals surface area contributed by atoms with E-state index in [1.165, 1.54) is 0 Å². The highest BCUT2D eigenvalue weighted by Gasteiger charge is 1.99. The molecule has 0 bridgehead atoms. The molecule has 0 aromatic carbocycles. The van der Waals surface area contributed by atoms with Gasteiger partial charge in [-0.05, 0) is 0 Å². The van der Waals surface area contributed by atoms with E-state index in [4.69, 9.17) is 0 Å². The second-order valence-corrected chi connectivity index (χ2v) is 3.08. The zero-order valence-corrected chi connectivity index (χ0v) is 6.34. The normalized spacial score (nSPS) is 11.3. The Morgan fingerprint density at radius 1 is 1.36 bits per heavy atom. The Kier molecular flexibility index (Phi) is 1.20. The van der Waals surface area contributed by atoms with Crippen LogP contribution < -0.4 is 11.2 Å². The third-order valence-corrected chi connectivity index (χ3v) is 2.23. The van der Waals surface area contributed by atoms with Crippen LogP contribution in [0.2, 0.25) is 0 Å². The summed E-state index contributed by atoms with van der Waals surface area (Å²) in [6.45, 7) is 0. The molecule has 2 aromatic rings. The summed E-state index contributed by atoms with van der Waals surface area (Å²) in [5.74, 6) is 1.62. The Morgan fingerprint density at radius 3 is 3.00 bits per heavy atom. The molecule has 0 saturated carbocycles. The third-order valence-electron chi connectivity index (χ3n) is 1.32. The standard InChI is InChI=1S/C5H4N3O2P/c9-3-2-4(11-1-6-2)8-5(10)7-3/h1,11H,(H2,7,8,9,10). The van der Waals surface area contributed by atoms with Gasteiger partial charge in [0.05, 0.1) is 5.25 Å². The van der Waals surface area contributed by atoms with Gasteiger partial charge in [0, 0.05) is 5.93 Å². The minimum atomic E-state index is -0.466. The second kappa shape index (κ2) is 2.07. The molecule has 2 N–H and O–H groups in total. The van der Waals surface area contributed by atoms with Crippen molar-refractivity contribution in [3.8, 4) is 0 Å². The lowest BCUT2D eigenvalue weighted by atomic mass is 10.6. The smallest absolute Gasteiger partial charge is 0.302 e. The molecule has 2 aromatic heterocycles. The van der Waals surface area contributed by atoms with Crippen molar-refractivity contribution < 1.29 is 0 Å². The van der Waals surface area contributed by atoms with E-state index in [0.29, 0.717) is 19.0 Å². The average molecular weight is 169 g/mol. The van der Waals surface area contributed by atoms with E-state index in [9.17, 15) is 9.59 Å². The van der Waals surface area contributed by atoms with E-state index >= 15 is 0 Å². The average Bonchev–Trinajstić information content (AvgIpc) is 2.34. The number of H-pyrrole nitrogens is 2. The maximum absolute atomic E-state index is 10.9. The molecular weight excluding hydrogens is 165 g/mol. The molecule has 0 spiro atoms. The fourth-order valence-corrected chi connectivity index (χ4v) is 1.69. The van der Waals surface area contributed by atoms with Crippen LogP contribution in [-0.4, -0.2) is 15.0 Å². The molecule has 2 heterocycles. The van der Waals surface area contributed by atoms with Gasteiger partial charge in [-0.15, -0.1) is 0 Å². The molecule has 0 aliphatic heterocycles. The topological polar surface area (TPSA) is 78.6 Å². The predicted octanol–water partition coefficient (Wildman–Crippen LogP) is -0.357. The Balaban J connectivity index is 3.15. The number of rotatable bonds is 0. The summed E-state index contributed by atoms with van der Waals surface area (Å²) >= 11 is 0. The van der Waals surface area contributed by atoms with Crippen LogP contribution in [0.25, 0.3) is 10.8 Å². The summed E-state index contributed by atoms with van der Waals surface area (Å²) in [4.78, 5) is 30.0. The van der Waals surface area contributed by atoms with Crippen LogP contribution in [-0.2, 0) is 0 Å². The van der Waals surface area contributed by atoms with Crippen LogP contribution in [0.4, 0.5) is 0 Å². The number of aromatic nitrogens is 3. The van der Waals surface area contributed by atoms with Crippen molar-refractivity contribution >= 4 is 19.0 Å². The molecule has 56 valence electrons. The van der Waals surface area contributed by atoms with E-state index < -0.39 is 11.2 Å². The van der Waals surface area contributed by atoms with Gasteiger partial charge < -0.3 is 4.98 Å². The van der Waals surface area contributed by atoms with Crippen molar-refractivity contribution in [3.63, 3.8) is 0 Å². The van der Waals surface area contributed by atoms with E-state index in [2.05, 4.69) is 15.0 Å². The molecule has 0 fully saturated rings. The molecule has 0 saturated heterocycles. The fourth-order valence-electron chi connectivity index (χ4n) is 0.869. The second-order valence-electron chi connectivity index (χ2n) is 2.03. The molecule has 0 amide bonds. The Hall–Kier alpha value is -1.35. The van der Waals surface area contributed by atoms with Gasteiger partial charge >= 0.3 is 5.69 Å². The number of hydrogen-bond acceptors (Lipinski definition) is 3. The van der Waals surface area contributed by atoms with Crippen LogP contribution >= 0.6 is 8.19 Å². The number of nitrogens with zero attached hydrogens (tertiary/aromatic N) is 1. The minimum Gasteiger partial charge on any atom is -0.302 e. The summed E-state index contributed by atoms with van der Waals surface area (Å²) in [7, 11) is 0.305. The van der Waals surface area contributed by atoms with Gasteiger partial charge in [0.25, 0.3) is 5.56 Å². The zero-order valence-electron chi connectivity index (χ0n) is 5.34. The lowest BCUT2D eigenvalue weighted by Gasteiger charge is -1.83. The van der Waals surface area contributed by atoms with E-state index in [1.807, 2.05) is 0 Å². The SMILES string of the molecule is O=c1[nH]c(=O)c2nc[pH]c2[nH]1. The van der Waals surface area contributed by atoms with Gasteiger partial charge in [0.1, 0.15) is 0 Å². The highest BCUT2D eigenvalue weighted by atomic mass is 31.0. The van der Waals surface area contributed by atoms with Gasteiger partial charge in [-0.1, -0.05) is 8.19 Å². The fraction of sp³-hybridized carbons (Fsp3) is 0. The third kappa shape index (κ3) is 0.897. The number of nitrogens with one attached hydrogen (secondary N) is 2. The highest BCUT2D eigenvalue weighted by Crippen LogP contribution is 2.13. The molecule has 2 rings (SSSR count). The molecule has 0 aliphatic rings. The Labute approximate surface area is 61.6 Å². The first-order chi connectivity index (χ1) is 5.27. The first-order valence-corrected chi connectivity index (χ1v) is 4.01. The molecule has 5 nitrogen and oxygen atoms in total. The van der Waals surface area contributed by atoms with E-state index in [-0.39, 0.29) is 0 Å². The quantitative estimate of drug-likeness (QED) is 0.565. The minimum absolute atomic E-state index is 0.305. The van der Waals surface area contributed by atoms with Crippen molar-refractivity contribution in [2.45, 2.75) is 0 Å². The van der Waals surface area contributed by atoms with Gasteiger partial charge in [-0.25, -0.2) is 9.78 Å². The molecule has 11 heavy (non-hydrogen) atoms. The van der Waals surface area contributed by atoms with Crippen LogP contribution in [0.3, 0.4) is 0 Å². The summed E-state index contributed by atoms with van der Waals surface area (Å²) in [6, 6.07) is 0. The lowest BCUT2D eigenvalue weighted by Crippen LogP contribution is -2.21. The first-order valence-electron chi connectivity index (χ1n) is 2.93. The summed E-state index contributed by atoms with van der Waals surface area (Å²) < 4.78 is 0. The van der Waals surface area contributed by atoms with Crippen molar-refractivity contribution in [3.05, 3.63) is 26.8 Å². The summed E-state index contributed by atoms with van der Waals surface area (Å²) in [5.41, 5.74) is -0.542. The molecule has 0 aliphatic carbocycles. The van der Waals surface area contributed by atoms with Crippen molar-refractivity contribution in [2.75, 3.05) is 0 Å². The van der Waals surface area contributed by atoms with E-state index in [1.54, 1.807) is 5.93 Å². The lowest BCUT2D eigenvalue weighted by molar-refractivity contribution is 1.08. The van der Waals surface area contributed by atoms with Crippen LogP contribution in [0.1, 0.15) is 0 Å². The monoisotopic (exact) mass is 169 g/mol. The predicted molar refractivity (Wildman–Crippen MR) is 42.5 cm³/mol.